The quantitative estimate of drug-likeness (QED) is 0.801. The van der Waals surface area contributed by atoms with Gasteiger partial charge in [-0.25, -0.2) is 4.39 Å². The third kappa shape index (κ3) is 3.92. The molecule has 0 saturated carbocycles. The van der Waals surface area contributed by atoms with E-state index in [2.05, 4.69) is 10.2 Å². The third-order valence-electron chi connectivity index (χ3n) is 7.60. The number of piperidine rings is 3. The Bertz CT molecular complexity index is 1010. The zero-order chi connectivity index (χ0) is 22.2. The third-order valence-corrected chi connectivity index (χ3v) is 7.60. The van der Waals surface area contributed by atoms with Gasteiger partial charge in [0, 0.05) is 32.1 Å². The lowest BCUT2D eigenvalue weighted by molar-refractivity contribution is -0.136. The average Bonchev–Trinajstić information content (AvgIpc) is 2.83. The van der Waals surface area contributed by atoms with E-state index in [1.807, 2.05) is 23.1 Å². The minimum absolute atomic E-state index is 0.119. The van der Waals surface area contributed by atoms with Gasteiger partial charge in [-0.3, -0.25) is 9.59 Å². The molecule has 0 aliphatic carbocycles. The zero-order valence-electron chi connectivity index (χ0n) is 18.5. The van der Waals surface area contributed by atoms with E-state index in [1.54, 1.807) is 19.2 Å². The summed E-state index contributed by atoms with van der Waals surface area (Å²) in [6, 6.07) is 11.9. The van der Waals surface area contributed by atoms with Crippen LogP contribution in [0.2, 0.25) is 0 Å². The maximum absolute atomic E-state index is 13.7. The van der Waals surface area contributed by atoms with Crippen LogP contribution >= 0.6 is 0 Å². The summed E-state index contributed by atoms with van der Waals surface area (Å²) in [6.45, 7) is 3.96. The molecule has 2 atom stereocenters. The fourth-order valence-corrected chi connectivity index (χ4v) is 5.85. The smallest absolute Gasteiger partial charge is 0.251 e. The molecule has 2 amide bonds. The minimum atomic E-state index is -0.287. The summed E-state index contributed by atoms with van der Waals surface area (Å²) in [4.78, 5) is 30.2. The molecular weight excluding hydrogens is 405 g/mol. The highest BCUT2D eigenvalue weighted by Gasteiger charge is 2.38. The molecule has 6 heteroatoms. The van der Waals surface area contributed by atoms with Crippen molar-refractivity contribution in [3.8, 4) is 0 Å². The fraction of sp³-hybridized carbons (Fsp3) is 0.462. The second kappa shape index (κ2) is 8.66. The molecule has 0 aromatic heterocycles. The Kier molecular flexibility index (Phi) is 5.72. The normalized spacial score (nSPS) is 26.5. The van der Waals surface area contributed by atoms with Gasteiger partial charge in [-0.05, 0) is 85.1 Å². The van der Waals surface area contributed by atoms with Crippen molar-refractivity contribution in [1.29, 1.82) is 0 Å². The number of halogens is 1. The summed E-state index contributed by atoms with van der Waals surface area (Å²) in [6.07, 6.45) is 3.68. The Morgan fingerprint density at radius 2 is 1.81 bits per heavy atom. The lowest BCUT2D eigenvalue weighted by Gasteiger charge is -2.46. The summed E-state index contributed by atoms with van der Waals surface area (Å²) in [5, 5.41) is 2.67. The van der Waals surface area contributed by atoms with Crippen LogP contribution in [0.15, 0.2) is 42.5 Å². The molecule has 2 aromatic carbocycles. The highest BCUT2D eigenvalue weighted by molar-refractivity contribution is 5.94. The lowest BCUT2D eigenvalue weighted by Crippen LogP contribution is -2.49. The van der Waals surface area contributed by atoms with Gasteiger partial charge in [0.25, 0.3) is 5.91 Å². The van der Waals surface area contributed by atoms with E-state index in [0.717, 1.165) is 23.2 Å². The molecule has 3 saturated heterocycles. The van der Waals surface area contributed by atoms with E-state index in [1.165, 1.54) is 38.1 Å². The highest BCUT2D eigenvalue weighted by atomic mass is 19.1. The first kappa shape index (κ1) is 21.1. The molecule has 0 radical (unpaired) electrons. The molecule has 2 aromatic rings. The number of nitrogens with zero attached hydrogens (tertiary/aromatic N) is 2. The molecule has 4 heterocycles. The van der Waals surface area contributed by atoms with Gasteiger partial charge in [0.15, 0.2) is 0 Å². The van der Waals surface area contributed by atoms with Crippen LogP contribution in [0.25, 0.3) is 0 Å². The molecule has 5 nitrogen and oxygen atoms in total. The van der Waals surface area contributed by atoms with Crippen molar-refractivity contribution in [3.05, 3.63) is 70.5 Å². The molecular formula is C26H30FN3O2. The van der Waals surface area contributed by atoms with E-state index in [0.29, 0.717) is 36.8 Å². The second-order valence-electron chi connectivity index (χ2n) is 9.39. The standard InChI is InChI=1S/C26H30FN3O2/c1-28-26(32)20-4-7-23-19(14-20)10-13-30(25(23)18-2-5-22(27)6-3-18)24(31)15-21-16-29-11-8-17(21)9-12-29/h2-7,14,17,21,25H,8-13,15-16H2,1H3,(H,28,32)/t21-,25+/m1/s1. The predicted octanol–water partition coefficient (Wildman–Crippen LogP) is 3.39. The number of amides is 2. The van der Waals surface area contributed by atoms with E-state index >= 15 is 0 Å². The molecule has 0 spiro atoms. The van der Waals surface area contributed by atoms with Crippen LogP contribution in [0.3, 0.4) is 0 Å². The number of carbonyl (C=O) groups excluding carboxylic acids is 2. The number of benzene rings is 2. The Morgan fingerprint density at radius 1 is 1.06 bits per heavy atom. The van der Waals surface area contributed by atoms with Crippen molar-refractivity contribution in [3.63, 3.8) is 0 Å². The van der Waals surface area contributed by atoms with Crippen molar-refractivity contribution < 1.29 is 14.0 Å². The average molecular weight is 436 g/mol. The summed E-state index contributed by atoms with van der Waals surface area (Å²) >= 11 is 0. The van der Waals surface area contributed by atoms with Crippen molar-refractivity contribution in [1.82, 2.24) is 15.1 Å². The molecule has 32 heavy (non-hydrogen) atoms. The highest BCUT2D eigenvalue weighted by Crippen LogP contribution is 2.39. The molecule has 3 fully saturated rings. The van der Waals surface area contributed by atoms with Gasteiger partial charge in [0.2, 0.25) is 5.91 Å². The number of carbonyl (C=O) groups is 2. The van der Waals surface area contributed by atoms with E-state index in [4.69, 9.17) is 0 Å². The van der Waals surface area contributed by atoms with Gasteiger partial charge in [0.05, 0.1) is 6.04 Å². The van der Waals surface area contributed by atoms with Crippen LogP contribution in [0.1, 0.15) is 52.4 Å². The van der Waals surface area contributed by atoms with Crippen LogP contribution in [-0.4, -0.2) is 54.8 Å². The largest absolute Gasteiger partial charge is 0.355 e. The molecule has 2 bridgehead atoms. The second-order valence-corrected chi connectivity index (χ2v) is 9.39. The first-order valence-corrected chi connectivity index (χ1v) is 11.7. The van der Waals surface area contributed by atoms with Gasteiger partial charge in [-0.2, -0.15) is 0 Å². The topological polar surface area (TPSA) is 52.7 Å². The van der Waals surface area contributed by atoms with Gasteiger partial charge < -0.3 is 15.1 Å². The van der Waals surface area contributed by atoms with Crippen LogP contribution in [-0.2, 0) is 11.2 Å². The van der Waals surface area contributed by atoms with Crippen molar-refractivity contribution in [2.45, 2.75) is 31.7 Å². The Hall–Kier alpha value is -2.73. The number of hydrogen-bond acceptors (Lipinski definition) is 3. The summed E-state index contributed by atoms with van der Waals surface area (Å²) < 4.78 is 13.7. The Morgan fingerprint density at radius 3 is 2.47 bits per heavy atom. The molecule has 4 aliphatic rings. The molecule has 6 rings (SSSR count). The van der Waals surface area contributed by atoms with E-state index in [-0.39, 0.29) is 23.7 Å². The van der Waals surface area contributed by atoms with Gasteiger partial charge in [0.1, 0.15) is 5.82 Å². The van der Waals surface area contributed by atoms with Crippen molar-refractivity contribution >= 4 is 11.8 Å². The molecule has 1 N–H and O–H groups in total. The van der Waals surface area contributed by atoms with Gasteiger partial charge in [-0.15, -0.1) is 0 Å². The number of hydrogen-bond donors (Lipinski definition) is 1. The summed E-state index contributed by atoms with van der Waals surface area (Å²) in [7, 11) is 1.62. The maximum atomic E-state index is 13.7. The Labute approximate surface area is 188 Å². The lowest BCUT2D eigenvalue weighted by atomic mass is 9.77. The van der Waals surface area contributed by atoms with Gasteiger partial charge in [-0.1, -0.05) is 18.2 Å². The molecule has 0 unspecified atom stereocenters. The maximum Gasteiger partial charge on any atom is 0.251 e. The monoisotopic (exact) mass is 435 g/mol. The number of fused-ring (bicyclic) bond motifs is 4. The van der Waals surface area contributed by atoms with Crippen molar-refractivity contribution in [2.75, 3.05) is 33.2 Å². The first-order chi connectivity index (χ1) is 15.5. The summed E-state index contributed by atoms with van der Waals surface area (Å²) in [5.41, 5.74) is 3.63. The summed E-state index contributed by atoms with van der Waals surface area (Å²) in [5.74, 6) is 0.854. The molecule has 4 aliphatic heterocycles. The van der Waals surface area contributed by atoms with Crippen LogP contribution in [0.5, 0.6) is 0 Å². The number of nitrogens with one attached hydrogen (secondary N) is 1. The van der Waals surface area contributed by atoms with Crippen molar-refractivity contribution in [2.24, 2.45) is 11.8 Å². The first-order valence-electron chi connectivity index (χ1n) is 11.7. The number of rotatable bonds is 4. The predicted molar refractivity (Wildman–Crippen MR) is 121 cm³/mol. The van der Waals surface area contributed by atoms with Gasteiger partial charge >= 0.3 is 0 Å². The van der Waals surface area contributed by atoms with Crippen LogP contribution in [0.4, 0.5) is 4.39 Å². The Balaban J connectivity index is 1.46. The molecule has 168 valence electrons. The van der Waals surface area contributed by atoms with Crippen LogP contribution < -0.4 is 5.32 Å². The van der Waals surface area contributed by atoms with Crippen LogP contribution in [0, 0.1) is 17.7 Å². The zero-order valence-corrected chi connectivity index (χ0v) is 18.5. The van der Waals surface area contributed by atoms with E-state index < -0.39 is 0 Å². The van der Waals surface area contributed by atoms with E-state index in [9.17, 15) is 14.0 Å². The minimum Gasteiger partial charge on any atom is -0.355 e. The fourth-order valence-electron chi connectivity index (χ4n) is 5.85. The SMILES string of the molecule is CNC(=O)c1ccc2c(c1)CCN(C(=O)C[C@@H]1CN3CCC1CC3)[C@H]2c1ccc(F)cc1.